The zero-order valence-corrected chi connectivity index (χ0v) is 27.4. The highest BCUT2D eigenvalue weighted by Crippen LogP contribution is 2.37. The largest absolute Gasteiger partial charge is 0.487 e. The standard InChI is InChI=1S/C35H35Cl2N5O4/c1-22-19-29(42-17-4-5-18-42)25-7-6-8-30(34(25)40-22)46-21-26-27(36)14-15-28(33(26)37)41(3)32(44)20-39-31(43)16-11-23-9-12-24(13-10-23)35(45)38-2/h6-16,19H,4-5,17-18,20-21H2,1-3H3,(H,38,45)(H,39,43)/b16-11+. The van der Waals surface area contributed by atoms with Gasteiger partial charge in [0.2, 0.25) is 11.8 Å². The minimum Gasteiger partial charge on any atom is -0.487 e. The van der Waals surface area contributed by atoms with E-state index >= 15 is 0 Å². The van der Waals surface area contributed by atoms with Crippen molar-refractivity contribution in [3.8, 4) is 5.75 Å². The molecule has 4 aromatic rings. The van der Waals surface area contributed by atoms with Gasteiger partial charge in [-0.2, -0.15) is 0 Å². The van der Waals surface area contributed by atoms with Crippen LogP contribution in [0.3, 0.4) is 0 Å². The van der Waals surface area contributed by atoms with Gasteiger partial charge in [-0.3, -0.25) is 14.4 Å². The van der Waals surface area contributed by atoms with Gasteiger partial charge in [-0.25, -0.2) is 4.98 Å². The van der Waals surface area contributed by atoms with E-state index in [4.69, 9.17) is 32.9 Å². The number of aryl methyl sites for hydroxylation is 1. The Bertz CT molecular complexity index is 1800. The predicted octanol–water partition coefficient (Wildman–Crippen LogP) is 6.18. The maximum absolute atomic E-state index is 13.0. The van der Waals surface area contributed by atoms with Crippen molar-refractivity contribution < 1.29 is 19.1 Å². The molecule has 3 amide bonds. The molecule has 0 bridgehead atoms. The zero-order chi connectivity index (χ0) is 32.8. The van der Waals surface area contributed by atoms with E-state index < -0.39 is 5.91 Å². The summed E-state index contributed by atoms with van der Waals surface area (Å²) in [5.74, 6) is -0.405. The molecule has 0 saturated carbocycles. The number of nitrogens with one attached hydrogen (secondary N) is 2. The molecule has 9 nitrogen and oxygen atoms in total. The maximum atomic E-state index is 13.0. The van der Waals surface area contributed by atoms with Gasteiger partial charge < -0.3 is 25.2 Å². The van der Waals surface area contributed by atoms with E-state index in [-0.39, 0.29) is 30.0 Å². The van der Waals surface area contributed by atoms with Crippen LogP contribution < -0.4 is 25.2 Å². The summed E-state index contributed by atoms with van der Waals surface area (Å²) >= 11 is 13.3. The number of rotatable bonds is 10. The fourth-order valence-corrected chi connectivity index (χ4v) is 5.93. The van der Waals surface area contributed by atoms with Crippen molar-refractivity contribution in [2.75, 3.05) is 43.5 Å². The average Bonchev–Trinajstić information content (AvgIpc) is 3.60. The Hall–Kier alpha value is -4.60. The van der Waals surface area contributed by atoms with Gasteiger partial charge in [-0.15, -0.1) is 0 Å². The van der Waals surface area contributed by atoms with E-state index in [9.17, 15) is 14.4 Å². The van der Waals surface area contributed by atoms with Crippen LogP contribution in [-0.4, -0.2) is 56.4 Å². The number of pyridine rings is 1. The number of amides is 3. The molecular weight excluding hydrogens is 625 g/mol. The lowest BCUT2D eigenvalue weighted by Gasteiger charge is -2.22. The van der Waals surface area contributed by atoms with Crippen LogP contribution in [0.2, 0.25) is 10.0 Å². The number of fused-ring (bicyclic) bond motifs is 1. The monoisotopic (exact) mass is 659 g/mol. The summed E-state index contributed by atoms with van der Waals surface area (Å²) in [6.07, 6.45) is 5.26. The molecule has 5 rings (SSSR count). The number of benzene rings is 3. The number of likely N-dealkylation sites (N-methyl/N-ethyl adjacent to an activating group) is 1. The summed E-state index contributed by atoms with van der Waals surface area (Å²) < 4.78 is 6.26. The molecule has 1 aliphatic heterocycles. The van der Waals surface area contributed by atoms with Crippen LogP contribution in [-0.2, 0) is 16.2 Å². The molecule has 0 radical (unpaired) electrons. The lowest BCUT2D eigenvalue weighted by atomic mass is 10.1. The van der Waals surface area contributed by atoms with Crippen molar-refractivity contribution in [2.24, 2.45) is 0 Å². The first-order valence-corrected chi connectivity index (χ1v) is 15.7. The highest BCUT2D eigenvalue weighted by Gasteiger charge is 2.21. The van der Waals surface area contributed by atoms with Crippen molar-refractivity contribution in [1.29, 1.82) is 0 Å². The molecule has 46 heavy (non-hydrogen) atoms. The van der Waals surface area contributed by atoms with Crippen molar-refractivity contribution in [3.05, 3.63) is 99.2 Å². The Labute approximate surface area is 278 Å². The topological polar surface area (TPSA) is 104 Å². The molecule has 238 valence electrons. The summed E-state index contributed by atoms with van der Waals surface area (Å²) in [6, 6.07) is 18.1. The van der Waals surface area contributed by atoms with Crippen LogP contribution in [0.5, 0.6) is 5.75 Å². The minimum absolute atomic E-state index is 0.0624. The quantitative estimate of drug-likeness (QED) is 0.197. The van der Waals surface area contributed by atoms with Crippen molar-refractivity contribution in [2.45, 2.75) is 26.4 Å². The number of anilines is 2. The number of carbonyl (C=O) groups is 3. The lowest BCUT2D eigenvalue weighted by Crippen LogP contribution is -2.37. The summed E-state index contributed by atoms with van der Waals surface area (Å²) in [6.45, 7) is 3.83. The average molecular weight is 661 g/mol. The Morgan fingerprint density at radius 1 is 1.04 bits per heavy atom. The van der Waals surface area contributed by atoms with Gasteiger partial charge in [0.25, 0.3) is 5.91 Å². The number of hydrogen-bond donors (Lipinski definition) is 2. The molecular formula is C35H35Cl2N5O4. The van der Waals surface area contributed by atoms with E-state index in [1.807, 2.05) is 19.1 Å². The molecule has 1 fully saturated rings. The normalized spacial score (nSPS) is 12.8. The van der Waals surface area contributed by atoms with Gasteiger partial charge in [0.05, 0.1) is 17.3 Å². The number of nitrogens with zero attached hydrogens (tertiary/aromatic N) is 3. The second kappa shape index (κ2) is 14.7. The second-order valence-corrected chi connectivity index (χ2v) is 11.8. The highest BCUT2D eigenvalue weighted by molar-refractivity contribution is 6.38. The molecule has 2 heterocycles. The predicted molar refractivity (Wildman–Crippen MR) is 184 cm³/mol. The summed E-state index contributed by atoms with van der Waals surface area (Å²) in [7, 11) is 3.14. The molecule has 0 atom stereocenters. The molecule has 1 aromatic heterocycles. The van der Waals surface area contributed by atoms with Gasteiger partial charge in [0.15, 0.2) is 0 Å². The fourth-order valence-electron chi connectivity index (χ4n) is 5.33. The van der Waals surface area contributed by atoms with Crippen LogP contribution in [0.15, 0.2) is 66.7 Å². The Kier molecular flexibility index (Phi) is 10.4. The van der Waals surface area contributed by atoms with Crippen LogP contribution in [0.4, 0.5) is 11.4 Å². The number of para-hydroxylation sites is 1. The minimum atomic E-state index is -0.444. The molecule has 3 aromatic carbocycles. The van der Waals surface area contributed by atoms with Crippen molar-refractivity contribution in [1.82, 2.24) is 15.6 Å². The number of carbonyl (C=O) groups excluding carboxylic acids is 3. The van der Waals surface area contributed by atoms with Crippen LogP contribution >= 0.6 is 23.2 Å². The van der Waals surface area contributed by atoms with Gasteiger partial charge >= 0.3 is 0 Å². The molecule has 0 aliphatic carbocycles. The molecule has 11 heteroatoms. The Balaban J connectivity index is 1.24. The Morgan fingerprint density at radius 3 is 2.50 bits per heavy atom. The van der Waals surface area contributed by atoms with E-state index in [0.29, 0.717) is 27.6 Å². The van der Waals surface area contributed by atoms with E-state index in [2.05, 4.69) is 27.7 Å². The van der Waals surface area contributed by atoms with Gasteiger partial charge in [0.1, 0.15) is 17.9 Å². The molecule has 0 unspecified atom stereocenters. The van der Waals surface area contributed by atoms with Crippen LogP contribution in [0.25, 0.3) is 17.0 Å². The maximum Gasteiger partial charge on any atom is 0.251 e. The third kappa shape index (κ3) is 7.43. The summed E-state index contributed by atoms with van der Waals surface area (Å²) in [5, 5.41) is 6.85. The number of ether oxygens (including phenoxy) is 1. The van der Waals surface area contributed by atoms with Crippen molar-refractivity contribution in [3.63, 3.8) is 0 Å². The first-order chi connectivity index (χ1) is 22.2. The van der Waals surface area contributed by atoms with Gasteiger partial charge in [-0.1, -0.05) is 47.5 Å². The van der Waals surface area contributed by atoms with E-state index in [1.54, 1.807) is 56.6 Å². The van der Waals surface area contributed by atoms with E-state index in [0.717, 1.165) is 40.9 Å². The lowest BCUT2D eigenvalue weighted by molar-refractivity contribution is -0.122. The number of halogens is 2. The Morgan fingerprint density at radius 2 is 1.78 bits per heavy atom. The van der Waals surface area contributed by atoms with Crippen LogP contribution in [0.1, 0.15) is 40.0 Å². The third-order valence-electron chi connectivity index (χ3n) is 7.87. The SMILES string of the molecule is CNC(=O)c1ccc(/C=C/C(=O)NCC(=O)N(C)c2ccc(Cl)c(COc3cccc4c(N5CCCC5)cc(C)nc34)c2Cl)cc1. The van der Waals surface area contributed by atoms with E-state index in [1.165, 1.54) is 23.8 Å². The van der Waals surface area contributed by atoms with Crippen molar-refractivity contribution >= 4 is 69.3 Å². The molecule has 2 N–H and O–H groups in total. The third-order valence-corrected chi connectivity index (χ3v) is 8.65. The number of aromatic nitrogens is 1. The van der Waals surface area contributed by atoms with Crippen LogP contribution in [0, 0.1) is 6.92 Å². The number of hydrogen-bond acceptors (Lipinski definition) is 6. The summed E-state index contributed by atoms with van der Waals surface area (Å²) in [5.41, 5.74) is 5.03. The molecule has 1 saturated heterocycles. The fraction of sp³-hybridized carbons (Fsp3) is 0.257. The highest BCUT2D eigenvalue weighted by atomic mass is 35.5. The molecule has 0 spiro atoms. The summed E-state index contributed by atoms with van der Waals surface area (Å²) in [4.78, 5) is 45.6. The van der Waals surface area contributed by atoms with Gasteiger partial charge in [-0.05, 0) is 67.8 Å². The first-order valence-electron chi connectivity index (χ1n) is 15.0. The second-order valence-electron chi connectivity index (χ2n) is 11.0. The smallest absolute Gasteiger partial charge is 0.251 e. The molecule has 1 aliphatic rings. The first kappa shape index (κ1) is 32.8. The van der Waals surface area contributed by atoms with Gasteiger partial charge in [0, 0.05) is 66.2 Å². The zero-order valence-electron chi connectivity index (χ0n) is 25.9.